The summed E-state index contributed by atoms with van der Waals surface area (Å²) in [6.45, 7) is -0.622. The summed E-state index contributed by atoms with van der Waals surface area (Å²) in [5.41, 5.74) is 6.20. The van der Waals surface area contributed by atoms with Gasteiger partial charge in [-0.05, 0) is 6.07 Å². The van der Waals surface area contributed by atoms with E-state index in [-0.39, 0.29) is 0 Å². The van der Waals surface area contributed by atoms with Gasteiger partial charge in [-0.1, -0.05) is 12.1 Å². The van der Waals surface area contributed by atoms with Crippen LogP contribution in [0.3, 0.4) is 0 Å². The first-order chi connectivity index (χ1) is 6.74. The van der Waals surface area contributed by atoms with E-state index in [1.54, 1.807) is 18.2 Å². The number of ether oxygens (including phenoxy) is 2. The van der Waals surface area contributed by atoms with E-state index in [1.165, 1.54) is 14.2 Å². The van der Waals surface area contributed by atoms with Gasteiger partial charge in [-0.3, -0.25) is 0 Å². The molecular weight excluding hydrogens is 185 g/mol. The van der Waals surface area contributed by atoms with Crippen LogP contribution >= 0.6 is 0 Å². The Morgan fingerprint density at radius 2 is 2.07 bits per heavy atom. The van der Waals surface area contributed by atoms with Gasteiger partial charge in [-0.2, -0.15) is 0 Å². The molecule has 4 heteroatoms. The minimum Gasteiger partial charge on any atom is -0.493 e. The summed E-state index contributed by atoms with van der Waals surface area (Å²) in [5, 5.41) is 0. The highest BCUT2D eigenvalue weighted by Crippen LogP contribution is 2.33. The van der Waals surface area contributed by atoms with Crippen LogP contribution in [0.15, 0.2) is 18.2 Å². The second-order valence-corrected chi connectivity index (χ2v) is 2.84. The quantitative estimate of drug-likeness (QED) is 0.802. The number of methoxy groups -OCH3 is 2. The highest BCUT2D eigenvalue weighted by Gasteiger charge is 2.15. The highest BCUT2D eigenvalue weighted by molar-refractivity contribution is 5.47. The van der Waals surface area contributed by atoms with Gasteiger partial charge in [0.2, 0.25) is 0 Å². The lowest BCUT2D eigenvalue weighted by Crippen LogP contribution is -2.13. The van der Waals surface area contributed by atoms with Gasteiger partial charge >= 0.3 is 0 Å². The van der Waals surface area contributed by atoms with Gasteiger partial charge in [-0.15, -0.1) is 0 Å². The Labute approximate surface area is 82.6 Å². The Balaban J connectivity index is 3.14. The molecule has 0 aliphatic rings. The fraction of sp³-hybridized carbons (Fsp3) is 0.400. The van der Waals surface area contributed by atoms with Gasteiger partial charge in [0.1, 0.15) is 6.67 Å². The standard InChI is InChI=1S/C10H14FNO2/c1-13-9-5-3-4-7(8(12)6-11)10(9)14-2/h3-5,8H,6,12H2,1-2H3/t8-/m0/s1. The number of para-hydroxylation sites is 1. The third kappa shape index (κ3) is 1.96. The summed E-state index contributed by atoms with van der Waals surface area (Å²) in [6, 6.07) is 4.56. The molecule has 3 nitrogen and oxygen atoms in total. The lowest BCUT2D eigenvalue weighted by atomic mass is 10.1. The number of rotatable bonds is 4. The molecule has 14 heavy (non-hydrogen) atoms. The minimum absolute atomic E-state index is 0.500. The van der Waals surface area contributed by atoms with E-state index < -0.39 is 12.7 Å². The van der Waals surface area contributed by atoms with Gasteiger partial charge < -0.3 is 15.2 Å². The predicted molar refractivity (Wildman–Crippen MR) is 52.4 cm³/mol. The molecule has 0 unspecified atom stereocenters. The zero-order chi connectivity index (χ0) is 10.6. The molecule has 1 rings (SSSR count). The van der Waals surface area contributed by atoms with Crippen molar-refractivity contribution in [2.24, 2.45) is 5.73 Å². The van der Waals surface area contributed by atoms with E-state index in [4.69, 9.17) is 15.2 Å². The fourth-order valence-corrected chi connectivity index (χ4v) is 1.29. The lowest BCUT2D eigenvalue weighted by molar-refractivity contribution is 0.344. The topological polar surface area (TPSA) is 44.5 Å². The number of hydrogen-bond donors (Lipinski definition) is 1. The Bertz CT molecular complexity index is 304. The van der Waals surface area contributed by atoms with Crippen LogP contribution in [0.2, 0.25) is 0 Å². The molecule has 0 spiro atoms. The van der Waals surface area contributed by atoms with Crippen LogP contribution in [-0.2, 0) is 0 Å². The number of hydrogen-bond acceptors (Lipinski definition) is 3. The van der Waals surface area contributed by atoms with Crippen molar-refractivity contribution in [3.05, 3.63) is 23.8 Å². The first-order valence-electron chi connectivity index (χ1n) is 4.27. The summed E-state index contributed by atoms with van der Waals surface area (Å²) >= 11 is 0. The summed E-state index contributed by atoms with van der Waals surface area (Å²) < 4.78 is 22.6. The number of halogens is 1. The molecule has 0 amide bonds. The molecule has 0 saturated heterocycles. The Morgan fingerprint density at radius 1 is 1.36 bits per heavy atom. The third-order valence-corrected chi connectivity index (χ3v) is 2.00. The van der Waals surface area contributed by atoms with Crippen LogP contribution in [0, 0.1) is 0 Å². The first kappa shape index (κ1) is 10.8. The Kier molecular flexibility index (Phi) is 3.71. The van der Waals surface area contributed by atoms with Crippen LogP contribution in [0.5, 0.6) is 11.5 Å². The predicted octanol–water partition coefficient (Wildman–Crippen LogP) is 1.67. The minimum atomic E-state index is -0.667. The molecule has 78 valence electrons. The summed E-state index contributed by atoms with van der Waals surface area (Å²) in [4.78, 5) is 0. The zero-order valence-electron chi connectivity index (χ0n) is 8.29. The van der Waals surface area contributed by atoms with E-state index in [1.807, 2.05) is 0 Å². The first-order valence-corrected chi connectivity index (χ1v) is 4.27. The number of nitrogens with two attached hydrogens (primary N) is 1. The third-order valence-electron chi connectivity index (χ3n) is 2.00. The van der Waals surface area contributed by atoms with Crippen molar-refractivity contribution in [2.45, 2.75) is 6.04 Å². The molecule has 0 bridgehead atoms. The van der Waals surface area contributed by atoms with Gasteiger partial charge in [0.05, 0.1) is 20.3 Å². The molecule has 1 atom stereocenters. The SMILES string of the molecule is COc1cccc([C@@H](N)CF)c1OC. The van der Waals surface area contributed by atoms with E-state index >= 15 is 0 Å². The average Bonchev–Trinajstić information content (AvgIpc) is 2.26. The summed E-state index contributed by atoms with van der Waals surface area (Å²) in [6.07, 6.45) is 0. The maximum absolute atomic E-state index is 12.4. The number of benzene rings is 1. The van der Waals surface area contributed by atoms with E-state index in [0.717, 1.165) is 0 Å². The molecule has 1 aromatic rings. The number of alkyl halides is 1. The molecule has 2 N–H and O–H groups in total. The second-order valence-electron chi connectivity index (χ2n) is 2.84. The average molecular weight is 199 g/mol. The maximum Gasteiger partial charge on any atom is 0.165 e. The van der Waals surface area contributed by atoms with E-state index in [9.17, 15) is 4.39 Å². The van der Waals surface area contributed by atoms with Crippen molar-refractivity contribution in [1.29, 1.82) is 0 Å². The highest BCUT2D eigenvalue weighted by atomic mass is 19.1. The van der Waals surface area contributed by atoms with Gasteiger partial charge in [0.25, 0.3) is 0 Å². The molecule has 0 aromatic heterocycles. The van der Waals surface area contributed by atoms with E-state index in [0.29, 0.717) is 17.1 Å². The Morgan fingerprint density at radius 3 is 2.57 bits per heavy atom. The van der Waals surface area contributed by atoms with Gasteiger partial charge in [0.15, 0.2) is 11.5 Å². The zero-order valence-corrected chi connectivity index (χ0v) is 8.29. The molecule has 0 heterocycles. The van der Waals surface area contributed by atoms with Crippen LogP contribution < -0.4 is 15.2 Å². The van der Waals surface area contributed by atoms with Crippen LogP contribution in [0.25, 0.3) is 0 Å². The normalized spacial score (nSPS) is 12.3. The molecule has 0 aliphatic carbocycles. The smallest absolute Gasteiger partial charge is 0.165 e. The van der Waals surface area contributed by atoms with Crippen LogP contribution in [0.1, 0.15) is 11.6 Å². The maximum atomic E-state index is 12.4. The van der Waals surface area contributed by atoms with Crippen LogP contribution in [-0.4, -0.2) is 20.9 Å². The molecule has 1 aromatic carbocycles. The van der Waals surface area contributed by atoms with Crippen molar-refractivity contribution >= 4 is 0 Å². The van der Waals surface area contributed by atoms with Crippen molar-refractivity contribution in [3.8, 4) is 11.5 Å². The van der Waals surface area contributed by atoms with Crippen molar-refractivity contribution in [2.75, 3.05) is 20.9 Å². The molecule has 0 aliphatic heterocycles. The monoisotopic (exact) mass is 199 g/mol. The van der Waals surface area contributed by atoms with E-state index in [2.05, 4.69) is 0 Å². The molecule has 0 radical (unpaired) electrons. The van der Waals surface area contributed by atoms with Crippen molar-refractivity contribution < 1.29 is 13.9 Å². The van der Waals surface area contributed by atoms with Crippen molar-refractivity contribution in [3.63, 3.8) is 0 Å². The lowest BCUT2D eigenvalue weighted by Gasteiger charge is -2.15. The molecule has 0 saturated carbocycles. The summed E-state index contributed by atoms with van der Waals surface area (Å²) in [7, 11) is 3.04. The second kappa shape index (κ2) is 4.81. The van der Waals surface area contributed by atoms with Gasteiger partial charge in [-0.25, -0.2) is 4.39 Å². The van der Waals surface area contributed by atoms with Crippen molar-refractivity contribution in [1.82, 2.24) is 0 Å². The van der Waals surface area contributed by atoms with Crippen LogP contribution in [0.4, 0.5) is 4.39 Å². The molecule has 0 fully saturated rings. The Hall–Kier alpha value is -1.29. The largest absolute Gasteiger partial charge is 0.493 e. The molecular formula is C10H14FNO2. The van der Waals surface area contributed by atoms with Gasteiger partial charge in [0, 0.05) is 5.56 Å². The fourth-order valence-electron chi connectivity index (χ4n) is 1.29. The summed E-state index contributed by atoms with van der Waals surface area (Å²) in [5.74, 6) is 1.06.